The fraction of sp³-hybridized carbons (Fsp3) is 0.200. The second kappa shape index (κ2) is 5.13. The highest BCUT2D eigenvalue weighted by Crippen LogP contribution is 2.37. The maximum absolute atomic E-state index is 8.01. The van der Waals surface area contributed by atoms with E-state index in [9.17, 15) is 0 Å². The van der Waals surface area contributed by atoms with Crippen LogP contribution < -0.4 is 0 Å². The molecule has 0 radical (unpaired) electrons. The van der Waals surface area contributed by atoms with Crippen LogP contribution in [0.2, 0.25) is 0 Å². The van der Waals surface area contributed by atoms with Crippen LogP contribution in [0.25, 0.3) is 20.5 Å². The smallest absolute Gasteiger partial charge is 0.136 e. The minimum Gasteiger partial charge on any atom is -0.303 e. The number of nitrogens with zero attached hydrogens (tertiary/aromatic N) is 3. The number of hydrogen-bond acceptors (Lipinski definition) is 6. The second-order valence-corrected chi connectivity index (χ2v) is 7.01. The highest BCUT2D eigenvalue weighted by atomic mass is 32.1. The average Bonchev–Trinajstić information content (AvgIpc) is 3.15. The van der Waals surface area contributed by atoms with Crippen molar-refractivity contribution in [1.29, 1.82) is 5.41 Å². The van der Waals surface area contributed by atoms with E-state index in [-0.39, 0.29) is 0 Å². The third-order valence-electron chi connectivity index (χ3n) is 3.44. The number of aromatic nitrogens is 3. The lowest BCUT2D eigenvalue weighted by Gasteiger charge is -2.08. The molecule has 0 bridgehead atoms. The fourth-order valence-corrected chi connectivity index (χ4v) is 4.48. The Balaban J connectivity index is 1.72. The third kappa shape index (κ3) is 2.30. The van der Waals surface area contributed by atoms with Crippen LogP contribution in [0.3, 0.4) is 0 Å². The Bertz CT molecular complexity index is 804. The molecule has 4 nitrogen and oxygen atoms in total. The minimum atomic E-state index is 0.677. The zero-order valence-corrected chi connectivity index (χ0v) is 12.8. The van der Waals surface area contributed by atoms with Gasteiger partial charge in [0.1, 0.15) is 10.0 Å². The Morgan fingerprint density at radius 1 is 1.10 bits per heavy atom. The second-order valence-electron chi connectivity index (χ2n) is 4.89. The van der Waals surface area contributed by atoms with Crippen molar-refractivity contribution in [3.05, 3.63) is 41.3 Å². The van der Waals surface area contributed by atoms with E-state index in [1.807, 2.05) is 24.5 Å². The predicted molar refractivity (Wildman–Crippen MR) is 86.2 cm³/mol. The summed E-state index contributed by atoms with van der Waals surface area (Å²) in [7, 11) is 0. The van der Waals surface area contributed by atoms with Gasteiger partial charge in [-0.15, -0.1) is 22.7 Å². The number of aryl methyl sites for hydroxylation is 1. The van der Waals surface area contributed by atoms with Gasteiger partial charge in [-0.05, 0) is 31.4 Å². The van der Waals surface area contributed by atoms with Gasteiger partial charge in [-0.25, -0.2) is 9.97 Å². The number of rotatable bonds is 2. The lowest BCUT2D eigenvalue weighted by Crippen LogP contribution is -2.08. The molecule has 3 aromatic heterocycles. The van der Waals surface area contributed by atoms with Crippen LogP contribution in [0, 0.1) is 5.41 Å². The first-order chi connectivity index (χ1) is 10.3. The summed E-state index contributed by atoms with van der Waals surface area (Å²) in [5, 5.41) is 9.95. The van der Waals surface area contributed by atoms with Crippen molar-refractivity contribution in [3.8, 4) is 20.5 Å². The SMILES string of the molecule is N=C1CCCc2sc(-c3cnc(-c4cccnc4)s3)nc21. The zero-order valence-electron chi connectivity index (χ0n) is 11.2. The van der Waals surface area contributed by atoms with Gasteiger partial charge in [-0.3, -0.25) is 4.98 Å². The first-order valence-electron chi connectivity index (χ1n) is 6.75. The lowest BCUT2D eigenvalue weighted by atomic mass is 10.0. The Morgan fingerprint density at radius 3 is 2.86 bits per heavy atom. The van der Waals surface area contributed by atoms with Crippen molar-refractivity contribution in [3.63, 3.8) is 0 Å². The van der Waals surface area contributed by atoms with Crippen molar-refractivity contribution >= 4 is 28.4 Å². The third-order valence-corrected chi connectivity index (χ3v) is 5.77. The molecule has 0 saturated heterocycles. The van der Waals surface area contributed by atoms with Gasteiger partial charge in [0.05, 0.1) is 16.3 Å². The minimum absolute atomic E-state index is 0.677. The van der Waals surface area contributed by atoms with Gasteiger partial charge in [-0.2, -0.15) is 0 Å². The zero-order chi connectivity index (χ0) is 14.2. The van der Waals surface area contributed by atoms with E-state index >= 15 is 0 Å². The van der Waals surface area contributed by atoms with Crippen molar-refractivity contribution in [2.45, 2.75) is 19.3 Å². The van der Waals surface area contributed by atoms with Crippen LogP contribution in [-0.2, 0) is 6.42 Å². The molecule has 0 spiro atoms. The van der Waals surface area contributed by atoms with E-state index in [4.69, 9.17) is 5.41 Å². The molecule has 1 aliphatic carbocycles. The Morgan fingerprint density at radius 2 is 2.05 bits per heavy atom. The van der Waals surface area contributed by atoms with Gasteiger partial charge >= 0.3 is 0 Å². The van der Waals surface area contributed by atoms with Crippen LogP contribution in [0.5, 0.6) is 0 Å². The first kappa shape index (κ1) is 12.8. The van der Waals surface area contributed by atoms with Crippen LogP contribution in [0.4, 0.5) is 0 Å². The van der Waals surface area contributed by atoms with Gasteiger partial charge in [-0.1, -0.05) is 0 Å². The van der Waals surface area contributed by atoms with E-state index in [0.29, 0.717) is 5.71 Å². The maximum atomic E-state index is 8.01. The van der Waals surface area contributed by atoms with Gasteiger partial charge in [0.2, 0.25) is 0 Å². The molecule has 3 heterocycles. The summed E-state index contributed by atoms with van der Waals surface area (Å²) in [6.45, 7) is 0. The van der Waals surface area contributed by atoms with Crippen LogP contribution >= 0.6 is 22.7 Å². The normalized spacial score (nSPS) is 14.2. The fourth-order valence-electron chi connectivity index (χ4n) is 2.40. The highest BCUT2D eigenvalue weighted by Gasteiger charge is 2.21. The van der Waals surface area contributed by atoms with Gasteiger partial charge in [0, 0.05) is 29.0 Å². The quantitative estimate of drug-likeness (QED) is 0.777. The van der Waals surface area contributed by atoms with E-state index in [1.165, 1.54) is 4.88 Å². The van der Waals surface area contributed by atoms with Crippen LogP contribution in [-0.4, -0.2) is 20.7 Å². The summed E-state index contributed by atoms with van der Waals surface area (Å²) in [6, 6.07) is 3.93. The van der Waals surface area contributed by atoms with E-state index < -0.39 is 0 Å². The van der Waals surface area contributed by atoms with Gasteiger partial charge < -0.3 is 5.41 Å². The van der Waals surface area contributed by atoms with E-state index in [0.717, 1.165) is 45.4 Å². The number of hydrogen-bond donors (Lipinski definition) is 1. The monoisotopic (exact) mass is 312 g/mol. The summed E-state index contributed by atoms with van der Waals surface area (Å²) in [6.07, 6.45) is 8.42. The molecule has 6 heteroatoms. The molecule has 1 aliphatic rings. The molecule has 0 fully saturated rings. The molecular weight excluding hydrogens is 300 g/mol. The summed E-state index contributed by atoms with van der Waals surface area (Å²) in [4.78, 5) is 15.6. The Kier molecular flexibility index (Phi) is 3.12. The molecule has 0 aromatic carbocycles. The first-order valence-corrected chi connectivity index (χ1v) is 8.38. The molecule has 3 aromatic rings. The molecule has 0 atom stereocenters. The maximum Gasteiger partial charge on any atom is 0.136 e. The van der Waals surface area contributed by atoms with E-state index in [1.54, 1.807) is 28.9 Å². The molecule has 104 valence electrons. The van der Waals surface area contributed by atoms with Crippen molar-refractivity contribution in [1.82, 2.24) is 15.0 Å². The highest BCUT2D eigenvalue weighted by molar-refractivity contribution is 7.23. The predicted octanol–water partition coefficient (Wildman–Crippen LogP) is 4.03. The van der Waals surface area contributed by atoms with Gasteiger partial charge in [0.15, 0.2) is 0 Å². The molecule has 0 saturated carbocycles. The number of fused-ring (bicyclic) bond motifs is 1. The lowest BCUT2D eigenvalue weighted by molar-refractivity contribution is 0.843. The Labute approximate surface area is 130 Å². The standard InChI is InChI=1S/C15H12N4S2/c16-10-4-1-5-11-13(10)19-15(20-11)12-8-18-14(21-12)9-3-2-6-17-7-9/h2-3,6-8,16H,1,4-5H2. The molecule has 0 aliphatic heterocycles. The number of thiazole rings is 2. The molecule has 1 N–H and O–H groups in total. The van der Waals surface area contributed by atoms with Crippen LogP contribution in [0.15, 0.2) is 30.7 Å². The summed E-state index contributed by atoms with van der Waals surface area (Å²) in [5.41, 5.74) is 2.61. The van der Waals surface area contributed by atoms with E-state index in [2.05, 4.69) is 15.0 Å². The molecule has 4 rings (SSSR count). The summed E-state index contributed by atoms with van der Waals surface area (Å²) in [5.74, 6) is 0. The number of nitrogens with one attached hydrogen (secondary N) is 1. The summed E-state index contributed by atoms with van der Waals surface area (Å²) < 4.78 is 0. The molecule has 21 heavy (non-hydrogen) atoms. The molecule has 0 amide bonds. The van der Waals surface area contributed by atoms with Gasteiger partial charge in [0.25, 0.3) is 0 Å². The van der Waals surface area contributed by atoms with Crippen molar-refractivity contribution in [2.75, 3.05) is 0 Å². The summed E-state index contributed by atoms with van der Waals surface area (Å²) >= 11 is 3.33. The molecular formula is C15H12N4S2. The molecule has 0 unspecified atom stereocenters. The van der Waals surface area contributed by atoms with Crippen LogP contribution in [0.1, 0.15) is 23.4 Å². The topological polar surface area (TPSA) is 62.5 Å². The van der Waals surface area contributed by atoms with Crippen molar-refractivity contribution in [2.24, 2.45) is 0 Å². The number of pyridine rings is 1. The largest absolute Gasteiger partial charge is 0.303 e. The van der Waals surface area contributed by atoms with Crippen molar-refractivity contribution < 1.29 is 0 Å². The average molecular weight is 312 g/mol. The Hall–Kier alpha value is -1.92.